The lowest BCUT2D eigenvalue weighted by Gasteiger charge is -2.24. The van der Waals surface area contributed by atoms with E-state index in [0.717, 1.165) is 29.8 Å². The molecule has 3 heteroatoms. The first-order valence-corrected chi connectivity index (χ1v) is 6.64. The van der Waals surface area contributed by atoms with Crippen LogP contribution in [-0.4, -0.2) is 23.9 Å². The zero-order valence-electron chi connectivity index (χ0n) is 7.48. The first-order valence-electron chi connectivity index (χ1n) is 4.40. The third kappa shape index (κ3) is 3.75. The van der Waals surface area contributed by atoms with Gasteiger partial charge in [-0.05, 0) is 18.8 Å². The predicted molar refractivity (Wildman–Crippen MR) is 59.2 cm³/mol. The Morgan fingerprint density at radius 3 is 2.33 bits per heavy atom. The fourth-order valence-corrected chi connectivity index (χ4v) is 2.12. The van der Waals surface area contributed by atoms with Gasteiger partial charge in [0.1, 0.15) is 0 Å². The summed E-state index contributed by atoms with van der Waals surface area (Å²) in [6, 6.07) is 0. The van der Waals surface area contributed by atoms with E-state index in [2.05, 4.69) is 38.8 Å². The summed E-state index contributed by atoms with van der Waals surface area (Å²) in [5.41, 5.74) is 0.259. The summed E-state index contributed by atoms with van der Waals surface area (Å²) in [7, 11) is 0. The number of halogens is 2. The molecule has 1 rings (SSSR count). The summed E-state index contributed by atoms with van der Waals surface area (Å²) in [5.74, 6) is 0.875. The van der Waals surface area contributed by atoms with E-state index >= 15 is 0 Å². The molecule has 0 unspecified atom stereocenters. The van der Waals surface area contributed by atoms with Crippen molar-refractivity contribution in [3.05, 3.63) is 0 Å². The predicted octanol–water partition coefficient (Wildman–Crippen LogP) is 3.21. The molecule has 0 aromatic heterocycles. The standard InChI is InChI=1S/C9H16Br2O/c1-9(5-10,6-11)7-12-4-8-2-3-8/h8H,2-7H2,1H3. The highest BCUT2D eigenvalue weighted by atomic mass is 79.9. The Morgan fingerprint density at radius 2 is 1.92 bits per heavy atom. The van der Waals surface area contributed by atoms with Crippen LogP contribution in [0.4, 0.5) is 0 Å². The molecule has 0 N–H and O–H groups in total. The van der Waals surface area contributed by atoms with Crippen molar-refractivity contribution < 1.29 is 4.74 Å². The SMILES string of the molecule is CC(CBr)(CBr)COCC1CC1. The Morgan fingerprint density at radius 1 is 1.33 bits per heavy atom. The quantitative estimate of drug-likeness (QED) is 0.684. The van der Waals surface area contributed by atoms with E-state index in [9.17, 15) is 0 Å². The van der Waals surface area contributed by atoms with Gasteiger partial charge < -0.3 is 4.74 Å². The lowest BCUT2D eigenvalue weighted by molar-refractivity contribution is 0.0694. The molecule has 0 aromatic rings. The van der Waals surface area contributed by atoms with Crippen LogP contribution in [0.15, 0.2) is 0 Å². The molecule has 1 fully saturated rings. The second-order valence-corrected chi connectivity index (χ2v) is 5.16. The molecule has 0 heterocycles. The number of ether oxygens (including phenoxy) is 1. The molecule has 1 aliphatic rings. The van der Waals surface area contributed by atoms with Crippen LogP contribution in [0.5, 0.6) is 0 Å². The van der Waals surface area contributed by atoms with Crippen molar-refractivity contribution in [2.45, 2.75) is 19.8 Å². The van der Waals surface area contributed by atoms with E-state index in [1.807, 2.05) is 0 Å². The summed E-state index contributed by atoms with van der Waals surface area (Å²) in [4.78, 5) is 0. The minimum Gasteiger partial charge on any atom is -0.381 e. The van der Waals surface area contributed by atoms with Gasteiger partial charge in [-0.1, -0.05) is 38.8 Å². The van der Waals surface area contributed by atoms with Crippen LogP contribution in [0, 0.1) is 11.3 Å². The monoisotopic (exact) mass is 298 g/mol. The van der Waals surface area contributed by atoms with Crippen molar-refractivity contribution in [3.63, 3.8) is 0 Å². The zero-order valence-corrected chi connectivity index (χ0v) is 10.7. The normalized spacial score (nSPS) is 18.2. The highest BCUT2D eigenvalue weighted by Gasteiger charge is 2.25. The van der Waals surface area contributed by atoms with Crippen molar-refractivity contribution >= 4 is 31.9 Å². The van der Waals surface area contributed by atoms with Crippen molar-refractivity contribution in [1.82, 2.24) is 0 Å². The molecule has 1 nitrogen and oxygen atoms in total. The highest BCUT2D eigenvalue weighted by molar-refractivity contribution is 9.09. The van der Waals surface area contributed by atoms with Crippen LogP contribution in [0.2, 0.25) is 0 Å². The first kappa shape index (κ1) is 11.0. The first-order chi connectivity index (χ1) is 5.70. The molecule has 0 bridgehead atoms. The van der Waals surface area contributed by atoms with Gasteiger partial charge in [0.2, 0.25) is 0 Å². The number of hydrogen-bond donors (Lipinski definition) is 0. The number of hydrogen-bond acceptors (Lipinski definition) is 1. The van der Waals surface area contributed by atoms with E-state index in [4.69, 9.17) is 4.74 Å². The molecule has 72 valence electrons. The second-order valence-electron chi connectivity index (χ2n) is 4.04. The number of rotatable bonds is 6. The van der Waals surface area contributed by atoms with E-state index in [1.165, 1.54) is 12.8 Å². The topological polar surface area (TPSA) is 9.23 Å². The Kier molecular flexibility index (Phi) is 4.55. The Labute approximate surface area is 91.5 Å². The molecule has 1 saturated carbocycles. The van der Waals surface area contributed by atoms with Crippen LogP contribution in [0.1, 0.15) is 19.8 Å². The van der Waals surface area contributed by atoms with Crippen molar-refractivity contribution in [1.29, 1.82) is 0 Å². The summed E-state index contributed by atoms with van der Waals surface area (Å²) >= 11 is 7.01. The molecule has 0 aliphatic heterocycles. The summed E-state index contributed by atoms with van der Waals surface area (Å²) in [6.45, 7) is 4.05. The van der Waals surface area contributed by atoms with Gasteiger partial charge in [0.15, 0.2) is 0 Å². The van der Waals surface area contributed by atoms with Gasteiger partial charge in [0, 0.05) is 22.7 Å². The molecular weight excluding hydrogens is 284 g/mol. The highest BCUT2D eigenvalue weighted by Crippen LogP contribution is 2.30. The molecule has 0 spiro atoms. The Hall–Kier alpha value is 0.920. The molecule has 0 amide bonds. The minimum absolute atomic E-state index is 0.259. The zero-order chi connectivity index (χ0) is 9.03. The Bertz CT molecular complexity index is 130. The molecule has 0 radical (unpaired) electrons. The Balaban J connectivity index is 2.08. The molecular formula is C9H16Br2O. The molecule has 1 aliphatic carbocycles. The van der Waals surface area contributed by atoms with Gasteiger partial charge in [-0.2, -0.15) is 0 Å². The van der Waals surface area contributed by atoms with E-state index in [1.54, 1.807) is 0 Å². The van der Waals surface area contributed by atoms with Gasteiger partial charge in [-0.15, -0.1) is 0 Å². The summed E-state index contributed by atoms with van der Waals surface area (Å²) in [5, 5.41) is 1.99. The molecule has 12 heavy (non-hydrogen) atoms. The second kappa shape index (κ2) is 4.97. The van der Waals surface area contributed by atoms with Gasteiger partial charge in [0.05, 0.1) is 6.61 Å². The average molecular weight is 300 g/mol. The maximum Gasteiger partial charge on any atom is 0.0535 e. The van der Waals surface area contributed by atoms with Crippen molar-refractivity contribution in [3.8, 4) is 0 Å². The fraction of sp³-hybridized carbons (Fsp3) is 1.00. The van der Waals surface area contributed by atoms with E-state index in [0.29, 0.717) is 0 Å². The summed E-state index contributed by atoms with van der Waals surface area (Å²) < 4.78 is 5.64. The van der Waals surface area contributed by atoms with E-state index in [-0.39, 0.29) is 5.41 Å². The van der Waals surface area contributed by atoms with Gasteiger partial charge >= 0.3 is 0 Å². The maximum atomic E-state index is 5.64. The van der Waals surface area contributed by atoms with Crippen LogP contribution in [-0.2, 0) is 4.74 Å². The minimum atomic E-state index is 0.259. The van der Waals surface area contributed by atoms with Crippen LogP contribution in [0.25, 0.3) is 0 Å². The molecule has 0 atom stereocenters. The summed E-state index contributed by atoms with van der Waals surface area (Å²) in [6.07, 6.45) is 2.75. The lowest BCUT2D eigenvalue weighted by Crippen LogP contribution is -2.27. The smallest absolute Gasteiger partial charge is 0.0535 e. The maximum absolute atomic E-state index is 5.64. The van der Waals surface area contributed by atoms with Crippen molar-refractivity contribution in [2.75, 3.05) is 23.9 Å². The lowest BCUT2D eigenvalue weighted by atomic mass is 9.98. The van der Waals surface area contributed by atoms with Crippen molar-refractivity contribution in [2.24, 2.45) is 11.3 Å². The third-order valence-electron chi connectivity index (χ3n) is 2.15. The van der Waals surface area contributed by atoms with Crippen LogP contribution in [0.3, 0.4) is 0 Å². The van der Waals surface area contributed by atoms with E-state index < -0.39 is 0 Å². The molecule has 0 aromatic carbocycles. The van der Waals surface area contributed by atoms with Crippen LogP contribution < -0.4 is 0 Å². The van der Waals surface area contributed by atoms with Gasteiger partial charge in [0.25, 0.3) is 0 Å². The van der Waals surface area contributed by atoms with Gasteiger partial charge in [-0.3, -0.25) is 0 Å². The van der Waals surface area contributed by atoms with Crippen LogP contribution >= 0.6 is 31.9 Å². The largest absolute Gasteiger partial charge is 0.381 e. The number of alkyl halides is 2. The third-order valence-corrected chi connectivity index (χ3v) is 4.85. The fourth-order valence-electron chi connectivity index (χ4n) is 0.869. The average Bonchev–Trinajstić information content (AvgIpc) is 2.88. The molecule has 0 saturated heterocycles. The van der Waals surface area contributed by atoms with Gasteiger partial charge in [-0.25, -0.2) is 0 Å².